The maximum Gasteiger partial charge on any atom is 0.326 e. The number of carbonyl (C=O) groups is 1. The van der Waals surface area contributed by atoms with E-state index in [1.165, 1.54) is 6.42 Å². The highest BCUT2D eigenvalue weighted by Crippen LogP contribution is 2.30. The van der Waals surface area contributed by atoms with Crippen LogP contribution in [0.25, 0.3) is 0 Å². The molecule has 1 saturated heterocycles. The number of aryl methyl sites for hydroxylation is 1. The summed E-state index contributed by atoms with van der Waals surface area (Å²) in [5.74, 6) is 0.876. The molecule has 1 aromatic rings. The van der Waals surface area contributed by atoms with Crippen molar-refractivity contribution in [3.63, 3.8) is 0 Å². The molecule has 0 aromatic carbocycles. The van der Waals surface area contributed by atoms with E-state index in [0.717, 1.165) is 43.9 Å². The summed E-state index contributed by atoms with van der Waals surface area (Å²) >= 11 is 0. The van der Waals surface area contributed by atoms with Crippen LogP contribution in [-0.4, -0.2) is 32.4 Å². The number of nitrogens with one attached hydrogen (secondary N) is 1. The fourth-order valence-electron chi connectivity index (χ4n) is 2.97. The predicted molar refractivity (Wildman–Crippen MR) is 64.2 cm³/mol. The second kappa shape index (κ2) is 4.68. The number of nitrogens with zero attached hydrogens (tertiary/aromatic N) is 3. The molecule has 2 N–H and O–H groups in total. The highest BCUT2D eigenvalue weighted by molar-refractivity contribution is 5.72. The molecule has 6 nitrogen and oxygen atoms in total. The summed E-state index contributed by atoms with van der Waals surface area (Å²) in [6, 6.07) is -0.317. The number of aromatic nitrogens is 3. The minimum atomic E-state index is -0.771. The van der Waals surface area contributed by atoms with E-state index in [-0.39, 0.29) is 6.04 Å². The first-order valence-electron chi connectivity index (χ1n) is 6.67. The van der Waals surface area contributed by atoms with Gasteiger partial charge in [-0.1, -0.05) is 6.42 Å². The molecule has 2 aliphatic heterocycles. The summed E-state index contributed by atoms with van der Waals surface area (Å²) in [7, 11) is 0. The van der Waals surface area contributed by atoms with E-state index < -0.39 is 12.0 Å². The van der Waals surface area contributed by atoms with Gasteiger partial charge in [0.05, 0.1) is 6.04 Å². The third kappa shape index (κ3) is 1.90. The van der Waals surface area contributed by atoms with Crippen molar-refractivity contribution in [2.45, 2.75) is 50.6 Å². The standard InChI is InChI=1S/C12H18N4O2/c17-12(18)9-5-3-6-10-14-15-11(16(9)10)8-4-1-2-7-13-8/h8-9,13H,1-7H2,(H,17,18). The van der Waals surface area contributed by atoms with Crippen LogP contribution in [0, 0.1) is 0 Å². The van der Waals surface area contributed by atoms with Gasteiger partial charge >= 0.3 is 5.97 Å². The molecular formula is C12H18N4O2. The van der Waals surface area contributed by atoms with E-state index in [1.54, 1.807) is 0 Å². The van der Waals surface area contributed by atoms with Gasteiger partial charge in [-0.25, -0.2) is 4.79 Å². The SMILES string of the molecule is O=C(O)C1CCCc2nnc(C3CCCCN3)n21. The van der Waals surface area contributed by atoms with E-state index in [1.807, 2.05) is 4.57 Å². The van der Waals surface area contributed by atoms with Gasteiger partial charge in [-0.3, -0.25) is 4.57 Å². The number of carboxylic acid groups (broad SMARTS) is 1. The maximum atomic E-state index is 11.4. The first-order valence-corrected chi connectivity index (χ1v) is 6.67. The lowest BCUT2D eigenvalue weighted by Gasteiger charge is -2.27. The number of carboxylic acids is 1. The molecule has 98 valence electrons. The number of hydrogen-bond donors (Lipinski definition) is 2. The zero-order valence-electron chi connectivity index (χ0n) is 10.3. The zero-order valence-corrected chi connectivity index (χ0v) is 10.3. The minimum Gasteiger partial charge on any atom is -0.480 e. The summed E-state index contributed by atoms with van der Waals surface area (Å²) in [5, 5.41) is 21.2. The molecule has 0 radical (unpaired) electrons. The third-order valence-electron chi connectivity index (χ3n) is 3.89. The van der Waals surface area contributed by atoms with Crippen molar-refractivity contribution in [2.24, 2.45) is 0 Å². The highest BCUT2D eigenvalue weighted by Gasteiger charge is 2.32. The Hall–Kier alpha value is -1.43. The predicted octanol–water partition coefficient (Wildman–Crippen LogP) is 1.05. The normalized spacial score (nSPS) is 27.8. The van der Waals surface area contributed by atoms with Gasteiger partial charge in [-0.2, -0.15) is 0 Å². The molecule has 18 heavy (non-hydrogen) atoms. The Balaban J connectivity index is 1.96. The highest BCUT2D eigenvalue weighted by atomic mass is 16.4. The minimum absolute atomic E-state index is 0.167. The van der Waals surface area contributed by atoms with E-state index in [9.17, 15) is 9.90 Å². The van der Waals surface area contributed by atoms with E-state index in [2.05, 4.69) is 15.5 Å². The van der Waals surface area contributed by atoms with Gasteiger partial charge in [-0.15, -0.1) is 10.2 Å². The molecule has 2 aliphatic rings. The summed E-state index contributed by atoms with van der Waals surface area (Å²) in [6.07, 6.45) is 5.76. The lowest BCUT2D eigenvalue weighted by atomic mass is 10.0. The van der Waals surface area contributed by atoms with Crippen LogP contribution in [0.4, 0.5) is 0 Å². The quantitative estimate of drug-likeness (QED) is 0.820. The van der Waals surface area contributed by atoms with Crippen LogP contribution < -0.4 is 5.32 Å². The molecule has 1 fully saturated rings. The fraction of sp³-hybridized carbons (Fsp3) is 0.750. The first kappa shape index (κ1) is 11.6. The van der Waals surface area contributed by atoms with Gasteiger partial charge in [0.15, 0.2) is 5.82 Å². The zero-order chi connectivity index (χ0) is 12.5. The van der Waals surface area contributed by atoms with Gasteiger partial charge in [0.25, 0.3) is 0 Å². The Bertz CT molecular complexity index is 451. The van der Waals surface area contributed by atoms with Crippen molar-refractivity contribution in [1.82, 2.24) is 20.1 Å². The van der Waals surface area contributed by atoms with Crippen molar-refractivity contribution in [2.75, 3.05) is 6.54 Å². The second-order valence-electron chi connectivity index (χ2n) is 5.09. The van der Waals surface area contributed by atoms with Crippen molar-refractivity contribution in [3.8, 4) is 0 Å². The van der Waals surface area contributed by atoms with Crippen molar-refractivity contribution in [1.29, 1.82) is 0 Å². The van der Waals surface area contributed by atoms with Crippen molar-refractivity contribution >= 4 is 5.97 Å². The van der Waals surface area contributed by atoms with Crippen molar-refractivity contribution in [3.05, 3.63) is 11.6 Å². The van der Waals surface area contributed by atoms with Gasteiger partial charge < -0.3 is 10.4 Å². The number of piperidine rings is 1. The van der Waals surface area contributed by atoms with Crippen LogP contribution >= 0.6 is 0 Å². The van der Waals surface area contributed by atoms with Gasteiger partial charge in [0.1, 0.15) is 11.9 Å². The lowest BCUT2D eigenvalue weighted by molar-refractivity contribution is -0.141. The molecular weight excluding hydrogens is 232 g/mol. The molecule has 0 saturated carbocycles. The fourth-order valence-corrected chi connectivity index (χ4v) is 2.97. The molecule has 0 amide bonds. The molecule has 2 unspecified atom stereocenters. The average molecular weight is 250 g/mol. The van der Waals surface area contributed by atoms with Crippen LogP contribution in [0.15, 0.2) is 0 Å². The molecule has 1 aromatic heterocycles. The van der Waals surface area contributed by atoms with Crippen LogP contribution in [-0.2, 0) is 11.2 Å². The topological polar surface area (TPSA) is 80.0 Å². The molecule has 0 bridgehead atoms. The molecule has 3 rings (SSSR count). The number of aliphatic carboxylic acids is 1. The Labute approximate surface area is 105 Å². The van der Waals surface area contributed by atoms with Crippen LogP contribution in [0.3, 0.4) is 0 Å². The summed E-state index contributed by atoms with van der Waals surface area (Å²) < 4.78 is 1.86. The summed E-state index contributed by atoms with van der Waals surface area (Å²) in [6.45, 7) is 0.977. The average Bonchev–Trinajstić information content (AvgIpc) is 2.83. The van der Waals surface area contributed by atoms with Gasteiger partial charge in [0.2, 0.25) is 0 Å². The Kier molecular flexibility index (Phi) is 3.03. The van der Waals surface area contributed by atoms with E-state index >= 15 is 0 Å². The van der Waals surface area contributed by atoms with Gasteiger partial charge in [-0.05, 0) is 32.2 Å². The summed E-state index contributed by atoms with van der Waals surface area (Å²) in [4.78, 5) is 11.4. The molecule has 0 aliphatic carbocycles. The Morgan fingerprint density at radius 1 is 1.28 bits per heavy atom. The van der Waals surface area contributed by atoms with E-state index in [4.69, 9.17) is 0 Å². The molecule has 6 heteroatoms. The number of rotatable bonds is 2. The second-order valence-corrected chi connectivity index (χ2v) is 5.09. The Morgan fingerprint density at radius 2 is 2.17 bits per heavy atom. The summed E-state index contributed by atoms with van der Waals surface area (Å²) in [5.41, 5.74) is 0. The largest absolute Gasteiger partial charge is 0.480 e. The number of hydrogen-bond acceptors (Lipinski definition) is 4. The lowest BCUT2D eigenvalue weighted by Crippen LogP contribution is -2.33. The van der Waals surface area contributed by atoms with Gasteiger partial charge in [0, 0.05) is 6.42 Å². The van der Waals surface area contributed by atoms with Crippen LogP contribution in [0.1, 0.15) is 55.8 Å². The van der Waals surface area contributed by atoms with Crippen LogP contribution in [0.5, 0.6) is 0 Å². The smallest absolute Gasteiger partial charge is 0.326 e. The number of fused-ring (bicyclic) bond motifs is 1. The van der Waals surface area contributed by atoms with Crippen LogP contribution in [0.2, 0.25) is 0 Å². The monoisotopic (exact) mass is 250 g/mol. The molecule has 2 atom stereocenters. The van der Waals surface area contributed by atoms with E-state index in [0.29, 0.717) is 6.42 Å². The molecule has 3 heterocycles. The Morgan fingerprint density at radius 3 is 2.89 bits per heavy atom. The first-order chi connectivity index (χ1) is 8.77. The maximum absolute atomic E-state index is 11.4. The van der Waals surface area contributed by atoms with Crippen molar-refractivity contribution < 1.29 is 9.90 Å². The third-order valence-corrected chi connectivity index (χ3v) is 3.89. The molecule has 0 spiro atoms.